The third-order valence-corrected chi connectivity index (χ3v) is 14.6. The molecular formula is C12H32O8Si4. The van der Waals surface area contributed by atoms with E-state index in [1.807, 2.05) is 27.7 Å². The normalized spacial score (nSPS) is 31.6. The fourth-order valence-corrected chi connectivity index (χ4v) is 14.4. The van der Waals surface area contributed by atoms with Crippen molar-refractivity contribution in [2.75, 3.05) is 26.4 Å². The third-order valence-electron chi connectivity index (χ3n) is 3.11. The zero-order chi connectivity index (χ0) is 17.8. The zero-order valence-electron chi connectivity index (χ0n) is 15.4. The summed E-state index contributed by atoms with van der Waals surface area (Å²) in [6, 6.07) is 0.706. The van der Waals surface area contributed by atoms with Crippen molar-refractivity contribution in [1.29, 1.82) is 0 Å². The molecule has 1 saturated heterocycles. The maximum Gasteiger partial charge on any atom is 0.485 e. The second kappa shape index (κ2) is 12.8. The topological polar surface area (TPSA) is 73.8 Å². The summed E-state index contributed by atoms with van der Waals surface area (Å²) in [6.07, 6.45) is 1.97. The van der Waals surface area contributed by atoms with Crippen LogP contribution in [0.1, 0.15) is 47.5 Å². The Hall–Kier alpha value is 0.548. The molecule has 0 aliphatic carbocycles. The Morgan fingerprint density at radius 1 is 0.708 bits per heavy atom. The molecule has 0 spiro atoms. The van der Waals surface area contributed by atoms with Crippen LogP contribution in [0.5, 0.6) is 0 Å². The molecule has 1 fully saturated rings. The first-order valence-corrected chi connectivity index (χ1v) is 15.0. The fraction of sp³-hybridized carbons (Fsp3) is 1.00. The molecule has 24 heavy (non-hydrogen) atoms. The van der Waals surface area contributed by atoms with Crippen molar-refractivity contribution in [2.45, 2.75) is 53.5 Å². The number of rotatable bonds is 11. The van der Waals surface area contributed by atoms with Crippen molar-refractivity contribution in [3.8, 4) is 0 Å². The maximum absolute atomic E-state index is 6.23. The van der Waals surface area contributed by atoms with Gasteiger partial charge in [-0.25, -0.2) is 0 Å². The first kappa shape index (κ1) is 22.6. The van der Waals surface area contributed by atoms with Crippen LogP contribution < -0.4 is 0 Å². The van der Waals surface area contributed by atoms with Crippen LogP contribution in [0.25, 0.3) is 0 Å². The van der Waals surface area contributed by atoms with Gasteiger partial charge in [0.05, 0.1) is 0 Å². The summed E-state index contributed by atoms with van der Waals surface area (Å²) in [4.78, 5) is 0. The molecule has 1 rings (SSSR count). The second-order valence-electron chi connectivity index (χ2n) is 4.96. The highest BCUT2D eigenvalue weighted by Crippen LogP contribution is 2.25. The largest absolute Gasteiger partial charge is 0.485 e. The molecule has 0 aromatic carbocycles. The number of unbranched alkanes of at least 4 members (excludes halogenated alkanes) is 1. The molecule has 0 aromatic rings. The average molecular weight is 417 g/mol. The molecule has 12 heteroatoms. The van der Waals surface area contributed by atoms with E-state index in [-0.39, 0.29) is 0 Å². The minimum Gasteiger partial charge on any atom is -0.377 e. The van der Waals surface area contributed by atoms with Gasteiger partial charge in [0, 0.05) is 32.5 Å². The molecule has 144 valence electrons. The number of hydrogen-bond donors (Lipinski definition) is 0. The average Bonchev–Trinajstić information content (AvgIpc) is 2.52. The first-order valence-electron chi connectivity index (χ1n) is 8.78. The molecule has 0 saturated carbocycles. The van der Waals surface area contributed by atoms with Gasteiger partial charge in [-0.05, 0) is 34.1 Å². The van der Waals surface area contributed by atoms with Gasteiger partial charge in [0.2, 0.25) is 0 Å². The van der Waals surface area contributed by atoms with Crippen LogP contribution in [0.2, 0.25) is 6.04 Å². The summed E-state index contributed by atoms with van der Waals surface area (Å²) < 4.78 is 47.3. The van der Waals surface area contributed by atoms with Crippen molar-refractivity contribution in [1.82, 2.24) is 0 Å². The predicted molar refractivity (Wildman–Crippen MR) is 97.8 cm³/mol. The Labute approximate surface area is 151 Å². The van der Waals surface area contributed by atoms with Gasteiger partial charge in [-0.15, -0.1) is 0 Å². The summed E-state index contributed by atoms with van der Waals surface area (Å²) in [5, 5.41) is 0. The minimum absolute atomic E-state index is 0.501. The van der Waals surface area contributed by atoms with E-state index in [1.165, 1.54) is 0 Å². The SMILES string of the molecule is CCCC[Si]1(OCC)O[SiH](OCC)O[SiH](OCC)O[SiH](OCC)O1. The lowest BCUT2D eigenvalue weighted by Crippen LogP contribution is -2.60. The van der Waals surface area contributed by atoms with E-state index >= 15 is 0 Å². The summed E-state index contributed by atoms with van der Waals surface area (Å²) >= 11 is 0. The standard InChI is InChI=1S/C12H32O8Si4/c1-6-11-12-24(16-10-5)19-22(14-8-3)17-21(13-7-2)18-23(20-24)15-9-4/h21-23H,6-12H2,1-5H3. The third kappa shape index (κ3) is 7.84. The molecule has 0 amide bonds. The molecule has 1 heterocycles. The highest BCUT2D eigenvalue weighted by molar-refractivity contribution is 6.76. The zero-order valence-corrected chi connectivity index (χ0v) is 19.9. The summed E-state index contributed by atoms with van der Waals surface area (Å²) in [5.74, 6) is 0. The Kier molecular flexibility index (Phi) is 12.1. The summed E-state index contributed by atoms with van der Waals surface area (Å²) in [5.41, 5.74) is 0. The van der Waals surface area contributed by atoms with Gasteiger partial charge in [0.1, 0.15) is 0 Å². The van der Waals surface area contributed by atoms with Gasteiger partial charge in [0.15, 0.2) is 0 Å². The molecule has 1 aliphatic heterocycles. The summed E-state index contributed by atoms with van der Waals surface area (Å²) in [6.45, 7) is 11.8. The minimum atomic E-state index is -2.95. The monoisotopic (exact) mass is 416 g/mol. The second-order valence-corrected chi connectivity index (χ2v) is 13.9. The smallest absolute Gasteiger partial charge is 0.377 e. The highest BCUT2D eigenvalue weighted by atomic mass is 28.5. The number of hydrogen-bond acceptors (Lipinski definition) is 8. The fourth-order valence-electron chi connectivity index (χ4n) is 2.09. The van der Waals surface area contributed by atoms with E-state index in [9.17, 15) is 0 Å². The Bertz CT molecular complexity index is 309. The van der Waals surface area contributed by atoms with Gasteiger partial charge in [-0.1, -0.05) is 13.3 Å². The van der Waals surface area contributed by atoms with Crippen LogP contribution in [-0.2, 0) is 34.2 Å². The molecule has 0 aromatic heterocycles. The molecule has 0 N–H and O–H groups in total. The molecule has 1 aliphatic rings. The van der Waals surface area contributed by atoms with Gasteiger partial charge in [0.25, 0.3) is 0 Å². The van der Waals surface area contributed by atoms with Crippen LogP contribution >= 0.6 is 0 Å². The highest BCUT2D eigenvalue weighted by Gasteiger charge is 2.50. The van der Waals surface area contributed by atoms with Crippen molar-refractivity contribution in [3.63, 3.8) is 0 Å². The van der Waals surface area contributed by atoms with Crippen LogP contribution in [0.3, 0.4) is 0 Å². The van der Waals surface area contributed by atoms with Gasteiger partial charge in [-0.3, -0.25) is 0 Å². The van der Waals surface area contributed by atoms with Crippen LogP contribution in [0.4, 0.5) is 0 Å². The molecular weight excluding hydrogens is 384 g/mol. The van der Waals surface area contributed by atoms with E-state index < -0.39 is 37.4 Å². The lowest BCUT2D eigenvalue weighted by Gasteiger charge is -2.38. The van der Waals surface area contributed by atoms with E-state index in [4.69, 9.17) is 34.2 Å². The summed E-state index contributed by atoms with van der Waals surface area (Å²) in [7, 11) is -10.2. The Morgan fingerprint density at radius 3 is 1.62 bits per heavy atom. The molecule has 0 radical (unpaired) electrons. The molecule has 8 nitrogen and oxygen atoms in total. The van der Waals surface area contributed by atoms with E-state index in [2.05, 4.69) is 6.92 Å². The van der Waals surface area contributed by atoms with Crippen LogP contribution in [0, 0.1) is 0 Å². The maximum atomic E-state index is 6.23. The van der Waals surface area contributed by atoms with E-state index in [0.29, 0.717) is 32.5 Å². The van der Waals surface area contributed by atoms with Crippen molar-refractivity contribution < 1.29 is 34.2 Å². The Morgan fingerprint density at radius 2 is 1.21 bits per heavy atom. The van der Waals surface area contributed by atoms with E-state index in [1.54, 1.807) is 0 Å². The van der Waals surface area contributed by atoms with Crippen molar-refractivity contribution >= 4 is 37.4 Å². The van der Waals surface area contributed by atoms with Gasteiger partial charge < -0.3 is 34.2 Å². The predicted octanol–water partition coefficient (Wildman–Crippen LogP) is 1.10. The van der Waals surface area contributed by atoms with E-state index in [0.717, 1.165) is 12.8 Å². The lowest BCUT2D eigenvalue weighted by molar-refractivity contribution is 0.0573. The van der Waals surface area contributed by atoms with Gasteiger partial charge >= 0.3 is 37.4 Å². The van der Waals surface area contributed by atoms with Crippen molar-refractivity contribution in [3.05, 3.63) is 0 Å². The quantitative estimate of drug-likeness (QED) is 0.464. The molecule has 2 unspecified atom stereocenters. The van der Waals surface area contributed by atoms with Crippen LogP contribution in [-0.4, -0.2) is 63.8 Å². The first-order chi connectivity index (χ1) is 11.6. The van der Waals surface area contributed by atoms with Crippen LogP contribution in [0.15, 0.2) is 0 Å². The Balaban J connectivity index is 2.97. The molecule has 0 bridgehead atoms. The van der Waals surface area contributed by atoms with Gasteiger partial charge in [-0.2, -0.15) is 0 Å². The lowest BCUT2D eigenvalue weighted by atomic mass is 10.4. The van der Waals surface area contributed by atoms with Crippen molar-refractivity contribution in [2.24, 2.45) is 0 Å². The molecule has 2 atom stereocenters.